The molecule has 1 atom stereocenters. The van der Waals surface area contributed by atoms with Crippen molar-refractivity contribution >= 4 is 23.4 Å². The molecule has 0 saturated carbocycles. The normalized spacial score (nSPS) is 11.4. The van der Waals surface area contributed by atoms with Gasteiger partial charge in [0, 0.05) is 5.69 Å². The van der Waals surface area contributed by atoms with Gasteiger partial charge in [-0.2, -0.15) is 9.94 Å². The highest BCUT2D eigenvalue weighted by Gasteiger charge is 2.19. The van der Waals surface area contributed by atoms with Gasteiger partial charge in [0.05, 0.1) is 29.7 Å². The number of thioether (sulfide) groups is 1. The Labute approximate surface area is 160 Å². The molecule has 0 aliphatic rings. The summed E-state index contributed by atoms with van der Waals surface area (Å²) >= 11 is 1.24. The molecule has 1 N–H and O–H groups in total. The fourth-order valence-electron chi connectivity index (χ4n) is 2.26. The van der Waals surface area contributed by atoms with Gasteiger partial charge in [0.2, 0.25) is 11.1 Å². The number of hydrogen-bond acceptors (Lipinski definition) is 7. The zero-order chi connectivity index (χ0) is 19.2. The maximum Gasteiger partial charge on any atom is 0.237 e. The van der Waals surface area contributed by atoms with Crippen molar-refractivity contribution < 1.29 is 9.53 Å². The second kappa shape index (κ2) is 8.33. The molecule has 0 fully saturated rings. The van der Waals surface area contributed by atoms with E-state index in [0.717, 1.165) is 11.4 Å². The Bertz CT molecular complexity index is 980. The summed E-state index contributed by atoms with van der Waals surface area (Å²) in [5.74, 6) is 0.521. The molecule has 3 aromatic rings. The monoisotopic (exact) mass is 380 g/mol. The number of aromatic nitrogens is 4. The number of nitriles is 1. The van der Waals surface area contributed by atoms with E-state index >= 15 is 0 Å². The van der Waals surface area contributed by atoms with Crippen molar-refractivity contribution in [3.8, 4) is 17.5 Å². The lowest BCUT2D eigenvalue weighted by atomic mass is 10.2. The number of amides is 1. The third kappa shape index (κ3) is 4.43. The van der Waals surface area contributed by atoms with Crippen molar-refractivity contribution in [1.29, 1.82) is 5.26 Å². The van der Waals surface area contributed by atoms with Gasteiger partial charge in [-0.1, -0.05) is 17.8 Å². The first kappa shape index (κ1) is 18.4. The fraction of sp³-hybridized carbons (Fsp3) is 0.167. The number of benzene rings is 2. The van der Waals surface area contributed by atoms with Crippen LogP contribution < -0.4 is 10.1 Å². The van der Waals surface area contributed by atoms with Gasteiger partial charge in [0.15, 0.2) is 0 Å². The minimum atomic E-state index is -0.446. The molecule has 8 nitrogen and oxygen atoms in total. The second-order valence-corrected chi connectivity index (χ2v) is 6.82. The average Bonchev–Trinajstić information content (AvgIpc) is 3.16. The molecule has 0 unspecified atom stereocenters. The molecule has 2 aromatic carbocycles. The van der Waals surface area contributed by atoms with Crippen molar-refractivity contribution in [3.63, 3.8) is 0 Å². The number of ether oxygens (including phenoxy) is 1. The lowest BCUT2D eigenvalue weighted by Crippen LogP contribution is -2.23. The molecule has 27 heavy (non-hydrogen) atoms. The fourth-order valence-corrected chi connectivity index (χ4v) is 3.07. The topological polar surface area (TPSA) is 106 Å². The number of hydrogen-bond donors (Lipinski definition) is 1. The van der Waals surface area contributed by atoms with E-state index < -0.39 is 5.25 Å². The summed E-state index contributed by atoms with van der Waals surface area (Å²) in [5.41, 5.74) is 1.82. The summed E-state index contributed by atoms with van der Waals surface area (Å²) in [6.45, 7) is 1.77. The number of carbonyl (C=O) groups is 1. The van der Waals surface area contributed by atoms with Crippen molar-refractivity contribution in [2.45, 2.75) is 17.3 Å². The molecule has 0 aliphatic carbocycles. The Morgan fingerprint density at radius 1 is 1.30 bits per heavy atom. The van der Waals surface area contributed by atoms with Gasteiger partial charge in [0.25, 0.3) is 0 Å². The maximum atomic E-state index is 12.5. The Kier molecular flexibility index (Phi) is 5.68. The van der Waals surface area contributed by atoms with Crippen molar-refractivity contribution in [1.82, 2.24) is 20.2 Å². The van der Waals surface area contributed by atoms with E-state index in [0.29, 0.717) is 16.4 Å². The number of methoxy groups -OCH3 is 1. The van der Waals surface area contributed by atoms with Crippen LogP contribution in [0.1, 0.15) is 12.5 Å². The molecule has 0 radical (unpaired) electrons. The summed E-state index contributed by atoms with van der Waals surface area (Å²) in [5, 5.41) is 23.5. The van der Waals surface area contributed by atoms with Crippen LogP contribution in [0.25, 0.3) is 5.69 Å². The van der Waals surface area contributed by atoms with Crippen LogP contribution in [0.15, 0.2) is 53.7 Å². The molecule has 1 aromatic heterocycles. The maximum absolute atomic E-state index is 12.5. The zero-order valence-electron chi connectivity index (χ0n) is 14.7. The molecule has 0 aliphatic heterocycles. The molecular formula is C18H16N6O2S. The number of rotatable bonds is 6. The number of anilines is 1. The van der Waals surface area contributed by atoms with Crippen LogP contribution in [-0.4, -0.2) is 38.5 Å². The molecule has 1 amide bonds. The standard InChI is InChI=1S/C18H16N6O2S/c1-12(17(25)20-14-5-3-4-13(10-14)11-19)27-18-21-22-23-24(18)15-6-8-16(26-2)9-7-15/h3-10,12H,1-2H3,(H,20,25)/t12-/m0/s1. The molecule has 0 spiro atoms. The smallest absolute Gasteiger partial charge is 0.237 e. The van der Waals surface area contributed by atoms with Crippen LogP contribution in [0.4, 0.5) is 5.69 Å². The van der Waals surface area contributed by atoms with Gasteiger partial charge in [-0.15, -0.1) is 5.10 Å². The van der Waals surface area contributed by atoms with Crippen molar-refractivity contribution in [2.75, 3.05) is 12.4 Å². The van der Waals surface area contributed by atoms with Crippen LogP contribution in [-0.2, 0) is 4.79 Å². The van der Waals surface area contributed by atoms with Gasteiger partial charge in [-0.05, 0) is 59.8 Å². The van der Waals surface area contributed by atoms with Crippen molar-refractivity contribution in [3.05, 3.63) is 54.1 Å². The van der Waals surface area contributed by atoms with E-state index in [1.54, 1.807) is 43.0 Å². The van der Waals surface area contributed by atoms with Crippen LogP contribution in [0.5, 0.6) is 5.75 Å². The molecule has 3 rings (SSSR count). The van der Waals surface area contributed by atoms with Crippen LogP contribution >= 0.6 is 11.8 Å². The Morgan fingerprint density at radius 2 is 2.07 bits per heavy atom. The molecule has 0 saturated heterocycles. The molecular weight excluding hydrogens is 364 g/mol. The van der Waals surface area contributed by atoms with Crippen molar-refractivity contribution in [2.24, 2.45) is 0 Å². The molecule has 136 valence electrons. The summed E-state index contributed by atoms with van der Waals surface area (Å²) in [7, 11) is 1.60. The first-order chi connectivity index (χ1) is 13.1. The third-order valence-corrected chi connectivity index (χ3v) is 4.70. The van der Waals surface area contributed by atoms with E-state index in [9.17, 15) is 4.79 Å². The lowest BCUT2D eigenvalue weighted by Gasteiger charge is -2.12. The summed E-state index contributed by atoms with van der Waals surface area (Å²) in [6.07, 6.45) is 0. The van der Waals surface area contributed by atoms with Gasteiger partial charge < -0.3 is 10.1 Å². The second-order valence-electron chi connectivity index (χ2n) is 5.51. The van der Waals surface area contributed by atoms with Gasteiger partial charge >= 0.3 is 0 Å². The Balaban J connectivity index is 1.70. The number of nitrogens with one attached hydrogen (secondary N) is 1. The number of carbonyl (C=O) groups excluding carboxylic acids is 1. The van der Waals surface area contributed by atoms with E-state index in [1.807, 2.05) is 30.3 Å². The zero-order valence-corrected chi connectivity index (χ0v) is 15.5. The summed E-state index contributed by atoms with van der Waals surface area (Å²) in [4.78, 5) is 12.5. The van der Waals surface area contributed by atoms with Crippen LogP contribution in [0, 0.1) is 11.3 Å². The highest BCUT2D eigenvalue weighted by Crippen LogP contribution is 2.25. The highest BCUT2D eigenvalue weighted by molar-refractivity contribution is 8.00. The lowest BCUT2D eigenvalue weighted by molar-refractivity contribution is -0.115. The minimum Gasteiger partial charge on any atom is -0.497 e. The SMILES string of the molecule is COc1ccc(-n2nnnc2S[C@@H](C)C(=O)Nc2cccc(C#N)c2)cc1. The first-order valence-electron chi connectivity index (χ1n) is 8.01. The summed E-state index contributed by atoms with van der Waals surface area (Å²) in [6, 6.07) is 16.1. The average molecular weight is 380 g/mol. The largest absolute Gasteiger partial charge is 0.497 e. The van der Waals surface area contributed by atoms with E-state index in [-0.39, 0.29) is 5.91 Å². The van der Waals surface area contributed by atoms with E-state index in [2.05, 4.69) is 20.8 Å². The molecule has 9 heteroatoms. The highest BCUT2D eigenvalue weighted by atomic mass is 32.2. The van der Waals surface area contributed by atoms with Crippen LogP contribution in [0.3, 0.4) is 0 Å². The van der Waals surface area contributed by atoms with E-state index in [1.165, 1.54) is 11.8 Å². The van der Waals surface area contributed by atoms with E-state index in [4.69, 9.17) is 10.00 Å². The number of tetrazole rings is 1. The van der Waals surface area contributed by atoms with Crippen LogP contribution in [0.2, 0.25) is 0 Å². The Morgan fingerprint density at radius 3 is 2.78 bits per heavy atom. The van der Waals surface area contributed by atoms with Gasteiger partial charge in [0.1, 0.15) is 5.75 Å². The minimum absolute atomic E-state index is 0.209. The molecule has 0 bridgehead atoms. The first-order valence-corrected chi connectivity index (χ1v) is 8.89. The molecule has 1 heterocycles. The van der Waals surface area contributed by atoms with Gasteiger partial charge in [-0.3, -0.25) is 4.79 Å². The quantitative estimate of drug-likeness (QED) is 0.655. The predicted octanol–water partition coefficient (Wildman–Crippen LogP) is 2.66. The van der Waals surface area contributed by atoms with Gasteiger partial charge in [-0.25, -0.2) is 0 Å². The Hall–Kier alpha value is -3.38. The summed E-state index contributed by atoms with van der Waals surface area (Å²) < 4.78 is 6.71. The number of nitrogens with zero attached hydrogens (tertiary/aromatic N) is 5. The predicted molar refractivity (Wildman–Crippen MR) is 101 cm³/mol. The third-order valence-electron chi connectivity index (χ3n) is 3.67.